The van der Waals surface area contributed by atoms with Crippen molar-refractivity contribution >= 4 is 18.4 Å². The van der Waals surface area contributed by atoms with Crippen molar-refractivity contribution < 1.29 is 9.05 Å². The van der Waals surface area contributed by atoms with Crippen LogP contribution < -0.4 is 0 Å². The number of rotatable bonds is 1. The highest BCUT2D eigenvalue weighted by atomic mass is 32.5. The van der Waals surface area contributed by atoms with E-state index in [1.54, 1.807) is 0 Å². The number of fused-ring (bicyclic) bond motifs is 1. The normalized spacial score (nSPS) is 45.2. The molecular weight excluding hydrogens is 205 g/mol. The maximum absolute atomic E-state index is 5.89. The molecule has 13 heavy (non-hydrogen) atoms. The summed E-state index contributed by atoms with van der Waals surface area (Å²) in [6.45, 7) is -1.28. The Balaban J connectivity index is 2.08. The van der Waals surface area contributed by atoms with Crippen LogP contribution in [0.4, 0.5) is 0 Å². The predicted molar refractivity (Wildman–Crippen MR) is 56.1 cm³/mol. The summed E-state index contributed by atoms with van der Waals surface area (Å²) >= 11 is 5.39. The third-order valence-electron chi connectivity index (χ3n) is 2.80. The van der Waals surface area contributed by atoms with Gasteiger partial charge in [0.1, 0.15) is 0 Å². The highest BCUT2D eigenvalue weighted by molar-refractivity contribution is 8.08. The molecule has 3 nitrogen and oxygen atoms in total. The molecular formula is C8H16NO2PS. The summed E-state index contributed by atoms with van der Waals surface area (Å²) in [6, 6.07) is 0. The van der Waals surface area contributed by atoms with Crippen LogP contribution in [-0.2, 0) is 20.9 Å². The molecule has 0 aromatic heterocycles. The van der Waals surface area contributed by atoms with Crippen molar-refractivity contribution in [1.82, 2.24) is 4.67 Å². The quantitative estimate of drug-likeness (QED) is 0.631. The Morgan fingerprint density at radius 1 is 1.38 bits per heavy atom. The van der Waals surface area contributed by atoms with Gasteiger partial charge in [-0.1, -0.05) is 6.42 Å². The third kappa shape index (κ3) is 1.83. The third-order valence-corrected chi connectivity index (χ3v) is 6.35. The van der Waals surface area contributed by atoms with E-state index in [2.05, 4.69) is 0 Å². The summed E-state index contributed by atoms with van der Waals surface area (Å²) in [6.07, 6.45) is 4.05. The number of nitrogens with zero attached hydrogens (tertiary/aromatic N) is 1. The van der Waals surface area contributed by atoms with E-state index >= 15 is 0 Å². The molecule has 2 aliphatic rings. The second-order valence-corrected chi connectivity index (χ2v) is 7.54. The highest BCUT2D eigenvalue weighted by Crippen LogP contribution is 2.57. The average Bonchev–Trinajstić information content (AvgIpc) is 2.50. The standard InChI is InChI=1S/C8H16NO2PS/c1-9(2)12(13)10-6-7-4-3-5-8(7)11-12/h7-8H,3-6H2,1-2H3/t7-,8-,12-/m1/s1. The average molecular weight is 221 g/mol. The minimum absolute atomic E-state index is 0.377. The summed E-state index contributed by atoms with van der Waals surface area (Å²) in [4.78, 5) is 0. The first-order valence-corrected chi connectivity index (χ1v) is 7.32. The maximum atomic E-state index is 5.89. The molecule has 5 heteroatoms. The monoisotopic (exact) mass is 221 g/mol. The van der Waals surface area contributed by atoms with E-state index < -0.39 is 6.64 Å². The van der Waals surface area contributed by atoms with Crippen LogP contribution in [0.5, 0.6) is 0 Å². The van der Waals surface area contributed by atoms with Gasteiger partial charge in [-0.2, -0.15) is 0 Å². The van der Waals surface area contributed by atoms with E-state index in [-0.39, 0.29) is 0 Å². The molecule has 0 radical (unpaired) electrons. The lowest BCUT2D eigenvalue weighted by atomic mass is 10.1. The highest BCUT2D eigenvalue weighted by Gasteiger charge is 2.40. The van der Waals surface area contributed by atoms with Gasteiger partial charge in [0.15, 0.2) is 0 Å². The van der Waals surface area contributed by atoms with Gasteiger partial charge < -0.3 is 9.05 Å². The van der Waals surface area contributed by atoms with Crippen LogP contribution in [0.15, 0.2) is 0 Å². The van der Waals surface area contributed by atoms with Gasteiger partial charge in [0.05, 0.1) is 12.7 Å². The Kier molecular flexibility index (Phi) is 2.78. The van der Waals surface area contributed by atoms with Gasteiger partial charge in [-0.25, -0.2) is 4.67 Å². The Morgan fingerprint density at radius 2 is 2.15 bits per heavy atom. The molecule has 76 valence electrons. The van der Waals surface area contributed by atoms with Crippen LogP contribution in [0.3, 0.4) is 0 Å². The van der Waals surface area contributed by atoms with Gasteiger partial charge in [0, 0.05) is 5.92 Å². The Hall–Kier alpha value is 0.530. The van der Waals surface area contributed by atoms with Crippen molar-refractivity contribution in [3.05, 3.63) is 0 Å². The molecule has 1 saturated heterocycles. The fourth-order valence-electron chi connectivity index (χ4n) is 1.93. The van der Waals surface area contributed by atoms with E-state index in [1.165, 1.54) is 19.3 Å². The lowest BCUT2D eigenvalue weighted by Gasteiger charge is -2.37. The molecule has 2 fully saturated rings. The van der Waals surface area contributed by atoms with Gasteiger partial charge in [-0.15, -0.1) is 0 Å². The summed E-state index contributed by atoms with van der Waals surface area (Å²) < 4.78 is 13.5. The van der Waals surface area contributed by atoms with Crippen LogP contribution >= 0.6 is 6.64 Å². The largest absolute Gasteiger partial charge is 0.317 e. The second-order valence-electron chi connectivity index (χ2n) is 3.95. The molecule has 0 aromatic rings. The Bertz CT molecular complexity index is 246. The fourth-order valence-corrected chi connectivity index (χ4v) is 3.93. The minimum atomic E-state index is -2.09. The Labute approximate surface area is 84.6 Å². The van der Waals surface area contributed by atoms with Crippen LogP contribution in [-0.4, -0.2) is 31.5 Å². The molecule has 0 N–H and O–H groups in total. The van der Waals surface area contributed by atoms with Gasteiger partial charge in [0.2, 0.25) is 0 Å². The molecule has 1 heterocycles. The molecule has 2 rings (SSSR count). The fraction of sp³-hybridized carbons (Fsp3) is 1.00. The van der Waals surface area contributed by atoms with Crippen molar-refractivity contribution in [2.24, 2.45) is 5.92 Å². The molecule has 0 unspecified atom stereocenters. The minimum Gasteiger partial charge on any atom is -0.317 e. The second kappa shape index (κ2) is 3.59. The lowest BCUT2D eigenvalue weighted by Crippen LogP contribution is -2.30. The van der Waals surface area contributed by atoms with Crippen LogP contribution in [0, 0.1) is 5.92 Å². The molecule has 1 aliphatic carbocycles. The first kappa shape index (κ1) is 10.1. The SMILES string of the molecule is CN(C)[P@@]1(=S)OC[C@H]2CCC[C@H]2O1. The van der Waals surface area contributed by atoms with Gasteiger partial charge in [-0.05, 0) is 38.7 Å². The summed E-state index contributed by atoms with van der Waals surface area (Å²) in [5, 5.41) is 0. The number of hydrogen-bond donors (Lipinski definition) is 0. The zero-order chi connectivity index (χ0) is 9.47. The van der Waals surface area contributed by atoms with E-state index in [0.717, 1.165) is 6.61 Å². The zero-order valence-electron chi connectivity index (χ0n) is 8.10. The smallest absolute Gasteiger partial charge is 0.263 e. The Morgan fingerprint density at radius 3 is 2.85 bits per heavy atom. The van der Waals surface area contributed by atoms with Crippen LogP contribution in [0.25, 0.3) is 0 Å². The van der Waals surface area contributed by atoms with Crippen molar-refractivity contribution in [3.63, 3.8) is 0 Å². The zero-order valence-corrected chi connectivity index (χ0v) is 9.81. The van der Waals surface area contributed by atoms with E-state index in [4.69, 9.17) is 20.9 Å². The van der Waals surface area contributed by atoms with Crippen molar-refractivity contribution in [3.8, 4) is 0 Å². The summed E-state index contributed by atoms with van der Waals surface area (Å²) in [5.41, 5.74) is 0. The molecule has 1 aliphatic heterocycles. The van der Waals surface area contributed by atoms with Crippen molar-refractivity contribution in [2.45, 2.75) is 25.4 Å². The topological polar surface area (TPSA) is 21.7 Å². The molecule has 0 bridgehead atoms. The van der Waals surface area contributed by atoms with E-state index in [1.807, 2.05) is 18.8 Å². The molecule has 0 aromatic carbocycles. The van der Waals surface area contributed by atoms with E-state index in [9.17, 15) is 0 Å². The van der Waals surface area contributed by atoms with Gasteiger partial charge in [0.25, 0.3) is 6.64 Å². The summed E-state index contributed by atoms with van der Waals surface area (Å²) in [7, 11) is 3.88. The van der Waals surface area contributed by atoms with Gasteiger partial charge in [-0.3, -0.25) is 0 Å². The van der Waals surface area contributed by atoms with Crippen LogP contribution in [0.1, 0.15) is 19.3 Å². The molecule has 0 amide bonds. The molecule has 3 atom stereocenters. The predicted octanol–water partition coefficient (Wildman–Crippen LogP) is 1.99. The van der Waals surface area contributed by atoms with Crippen molar-refractivity contribution in [2.75, 3.05) is 20.7 Å². The first-order valence-electron chi connectivity index (χ1n) is 4.72. The first-order chi connectivity index (χ1) is 6.12. The van der Waals surface area contributed by atoms with E-state index in [0.29, 0.717) is 12.0 Å². The van der Waals surface area contributed by atoms with Crippen LogP contribution in [0.2, 0.25) is 0 Å². The van der Waals surface area contributed by atoms with Crippen molar-refractivity contribution in [1.29, 1.82) is 0 Å². The summed E-state index contributed by atoms with van der Waals surface area (Å²) in [5.74, 6) is 0.607. The number of hydrogen-bond acceptors (Lipinski definition) is 3. The maximum Gasteiger partial charge on any atom is 0.263 e. The molecule has 0 spiro atoms. The lowest BCUT2D eigenvalue weighted by molar-refractivity contribution is 0.0516. The van der Waals surface area contributed by atoms with Gasteiger partial charge >= 0.3 is 0 Å². The molecule has 1 saturated carbocycles.